The van der Waals surface area contributed by atoms with Crippen LogP contribution < -0.4 is 10.5 Å². The highest BCUT2D eigenvalue weighted by atomic mass is 16.2. The Kier molecular flexibility index (Phi) is 6.69. The number of rotatable bonds is 6. The predicted molar refractivity (Wildman–Crippen MR) is 121 cm³/mol. The lowest BCUT2D eigenvalue weighted by molar-refractivity contribution is -0.898. The maximum Gasteiger partial charge on any atom is 0.274 e. The molecule has 0 atom stereocenters. The van der Waals surface area contributed by atoms with E-state index in [-0.39, 0.29) is 11.5 Å². The van der Waals surface area contributed by atoms with E-state index in [1.165, 1.54) is 27.3 Å². The second kappa shape index (κ2) is 10.00. The van der Waals surface area contributed by atoms with Gasteiger partial charge >= 0.3 is 0 Å². The molecule has 2 heterocycles. The number of piperazine rings is 1. The number of quaternary nitrogens is 1. The second-order valence-corrected chi connectivity index (χ2v) is 7.76. The van der Waals surface area contributed by atoms with Crippen LogP contribution in [0.25, 0.3) is 6.08 Å². The molecule has 1 aromatic heterocycles. The number of nitrogens with one attached hydrogen (secondary N) is 1. The molecule has 1 fully saturated rings. The van der Waals surface area contributed by atoms with Crippen LogP contribution >= 0.6 is 0 Å². The summed E-state index contributed by atoms with van der Waals surface area (Å²) in [4.78, 5) is 28.4. The number of amides is 1. The Labute approximate surface area is 182 Å². The van der Waals surface area contributed by atoms with Gasteiger partial charge in [0.15, 0.2) is 0 Å². The Bertz CT molecular complexity index is 1090. The molecular formula is C25H27N4O2+. The van der Waals surface area contributed by atoms with Crippen LogP contribution in [0.4, 0.5) is 0 Å². The number of hydrogen-bond donors (Lipinski definition) is 1. The summed E-state index contributed by atoms with van der Waals surface area (Å²) in [5.41, 5.74) is 2.29. The Morgan fingerprint density at radius 2 is 1.61 bits per heavy atom. The molecule has 0 aliphatic carbocycles. The monoisotopic (exact) mass is 415 g/mol. The standard InChI is InChI=1S/C25H26N4O2/c30-24-14-13-23(26-29(24)20-22-10-5-2-6-11-22)25(31)28-18-16-27(17-19-28)15-7-12-21-8-3-1-4-9-21/h1-14H,15-20H2/p+1/b12-7+. The number of carbonyl (C=O) groups excluding carboxylic acids is 1. The van der Waals surface area contributed by atoms with Crippen LogP contribution in [0.2, 0.25) is 0 Å². The van der Waals surface area contributed by atoms with E-state index in [0.717, 1.165) is 25.2 Å². The fraction of sp³-hybridized carbons (Fsp3) is 0.240. The third kappa shape index (κ3) is 5.55. The van der Waals surface area contributed by atoms with Gasteiger partial charge in [0.25, 0.3) is 11.5 Å². The van der Waals surface area contributed by atoms with Gasteiger partial charge in [-0.3, -0.25) is 9.59 Å². The van der Waals surface area contributed by atoms with Crippen molar-refractivity contribution in [3.63, 3.8) is 0 Å². The van der Waals surface area contributed by atoms with Crippen molar-refractivity contribution in [1.29, 1.82) is 0 Å². The molecule has 158 valence electrons. The van der Waals surface area contributed by atoms with Crippen molar-refractivity contribution in [2.24, 2.45) is 0 Å². The number of carbonyl (C=O) groups is 1. The van der Waals surface area contributed by atoms with Gasteiger partial charge in [-0.15, -0.1) is 0 Å². The highest BCUT2D eigenvalue weighted by Crippen LogP contribution is 2.04. The summed E-state index contributed by atoms with van der Waals surface area (Å²) in [5, 5.41) is 4.34. The molecule has 1 N–H and O–H groups in total. The predicted octanol–water partition coefficient (Wildman–Crippen LogP) is 1.35. The van der Waals surface area contributed by atoms with Crippen LogP contribution in [0, 0.1) is 0 Å². The minimum absolute atomic E-state index is 0.110. The molecular weight excluding hydrogens is 388 g/mol. The molecule has 2 aromatic carbocycles. The minimum Gasteiger partial charge on any atom is -0.329 e. The largest absolute Gasteiger partial charge is 0.329 e. The molecule has 1 amide bonds. The lowest BCUT2D eigenvalue weighted by atomic mass is 10.2. The fourth-order valence-corrected chi connectivity index (χ4v) is 3.75. The van der Waals surface area contributed by atoms with Gasteiger partial charge in [-0.05, 0) is 23.3 Å². The van der Waals surface area contributed by atoms with E-state index in [1.54, 1.807) is 0 Å². The molecule has 3 aromatic rings. The lowest BCUT2D eigenvalue weighted by Gasteiger charge is -2.31. The first-order chi connectivity index (χ1) is 15.2. The van der Waals surface area contributed by atoms with Crippen molar-refractivity contribution < 1.29 is 9.69 Å². The van der Waals surface area contributed by atoms with E-state index in [0.29, 0.717) is 25.3 Å². The van der Waals surface area contributed by atoms with E-state index in [1.807, 2.05) is 53.4 Å². The van der Waals surface area contributed by atoms with Gasteiger partial charge in [-0.2, -0.15) is 5.10 Å². The molecule has 0 bridgehead atoms. The maximum atomic E-state index is 12.9. The van der Waals surface area contributed by atoms with Crippen LogP contribution in [0.15, 0.2) is 83.7 Å². The average Bonchev–Trinajstić information content (AvgIpc) is 2.82. The summed E-state index contributed by atoms with van der Waals surface area (Å²) in [6, 6.07) is 22.9. The van der Waals surface area contributed by atoms with Crippen molar-refractivity contribution in [3.8, 4) is 0 Å². The average molecular weight is 416 g/mol. The van der Waals surface area contributed by atoms with E-state index in [9.17, 15) is 9.59 Å². The van der Waals surface area contributed by atoms with Gasteiger partial charge in [0.2, 0.25) is 0 Å². The van der Waals surface area contributed by atoms with Gasteiger partial charge in [0.05, 0.1) is 39.3 Å². The SMILES string of the molecule is O=C(c1ccc(=O)n(Cc2ccccc2)n1)N1CC[NH+](C/C=C/c2ccccc2)CC1. The number of hydrogen-bond acceptors (Lipinski definition) is 3. The molecule has 0 radical (unpaired) electrons. The maximum absolute atomic E-state index is 12.9. The Morgan fingerprint density at radius 1 is 0.935 bits per heavy atom. The van der Waals surface area contributed by atoms with E-state index < -0.39 is 0 Å². The third-order valence-corrected chi connectivity index (χ3v) is 5.54. The highest BCUT2D eigenvalue weighted by molar-refractivity contribution is 5.92. The summed E-state index contributed by atoms with van der Waals surface area (Å²) in [6.45, 7) is 4.46. The van der Waals surface area contributed by atoms with Crippen LogP contribution in [0.3, 0.4) is 0 Å². The van der Waals surface area contributed by atoms with E-state index >= 15 is 0 Å². The summed E-state index contributed by atoms with van der Waals surface area (Å²) in [7, 11) is 0. The smallest absolute Gasteiger partial charge is 0.274 e. The molecule has 31 heavy (non-hydrogen) atoms. The molecule has 6 nitrogen and oxygen atoms in total. The zero-order chi connectivity index (χ0) is 21.5. The fourth-order valence-electron chi connectivity index (χ4n) is 3.75. The van der Waals surface area contributed by atoms with Gasteiger partial charge in [0, 0.05) is 6.07 Å². The topological polar surface area (TPSA) is 59.6 Å². The summed E-state index contributed by atoms with van der Waals surface area (Å²) >= 11 is 0. The van der Waals surface area contributed by atoms with Gasteiger partial charge in [-0.1, -0.05) is 66.7 Å². The molecule has 1 aliphatic heterocycles. The minimum atomic E-state index is -0.208. The van der Waals surface area contributed by atoms with Crippen LogP contribution in [-0.2, 0) is 6.54 Å². The first-order valence-corrected chi connectivity index (χ1v) is 10.7. The number of aromatic nitrogens is 2. The molecule has 6 heteroatoms. The first-order valence-electron chi connectivity index (χ1n) is 10.7. The molecule has 1 aliphatic rings. The summed E-state index contributed by atoms with van der Waals surface area (Å²) < 4.78 is 1.36. The van der Waals surface area contributed by atoms with Crippen LogP contribution in [-0.4, -0.2) is 53.3 Å². The first kappa shape index (κ1) is 20.8. The zero-order valence-corrected chi connectivity index (χ0v) is 17.5. The second-order valence-electron chi connectivity index (χ2n) is 7.76. The normalized spacial score (nSPS) is 14.8. The van der Waals surface area contributed by atoms with Gasteiger partial charge in [-0.25, -0.2) is 4.68 Å². The van der Waals surface area contributed by atoms with Crippen molar-refractivity contribution in [2.45, 2.75) is 6.54 Å². The summed E-state index contributed by atoms with van der Waals surface area (Å²) in [6.07, 6.45) is 4.34. The zero-order valence-electron chi connectivity index (χ0n) is 17.5. The molecule has 0 spiro atoms. The molecule has 1 saturated heterocycles. The molecule has 0 saturated carbocycles. The van der Waals surface area contributed by atoms with E-state index in [4.69, 9.17) is 0 Å². The molecule has 4 rings (SSSR count). The summed E-state index contributed by atoms with van der Waals surface area (Å²) in [5.74, 6) is -0.110. The van der Waals surface area contributed by atoms with Crippen molar-refractivity contribution in [2.75, 3.05) is 32.7 Å². The van der Waals surface area contributed by atoms with Crippen molar-refractivity contribution >= 4 is 12.0 Å². The van der Waals surface area contributed by atoms with Crippen molar-refractivity contribution in [1.82, 2.24) is 14.7 Å². The number of benzene rings is 2. The third-order valence-electron chi connectivity index (χ3n) is 5.54. The highest BCUT2D eigenvalue weighted by Gasteiger charge is 2.25. The Hall–Kier alpha value is -3.51. The van der Waals surface area contributed by atoms with Crippen molar-refractivity contribution in [3.05, 3.63) is 106 Å². The van der Waals surface area contributed by atoms with Gasteiger partial charge < -0.3 is 9.80 Å². The van der Waals surface area contributed by atoms with Gasteiger partial charge in [0.1, 0.15) is 5.69 Å². The van der Waals surface area contributed by atoms with E-state index in [2.05, 4.69) is 29.4 Å². The quantitative estimate of drug-likeness (QED) is 0.661. The Balaban J connectivity index is 1.34. The van der Waals surface area contributed by atoms with Crippen LogP contribution in [0.5, 0.6) is 0 Å². The number of nitrogens with zero attached hydrogens (tertiary/aromatic N) is 3. The lowest BCUT2D eigenvalue weighted by Crippen LogP contribution is -3.14. The molecule has 0 unspecified atom stereocenters. The van der Waals surface area contributed by atoms with Crippen LogP contribution in [0.1, 0.15) is 21.6 Å². The Morgan fingerprint density at radius 3 is 2.32 bits per heavy atom.